The van der Waals surface area contributed by atoms with Gasteiger partial charge in [0.2, 0.25) is 15.9 Å². The van der Waals surface area contributed by atoms with Crippen molar-refractivity contribution in [2.24, 2.45) is 11.7 Å². The third-order valence-electron chi connectivity index (χ3n) is 5.81. The molecule has 1 aromatic rings. The Morgan fingerprint density at radius 1 is 1.14 bits per heavy atom. The molecule has 0 aromatic heterocycles. The number of carbonyl (C=O) groups is 1. The van der Waals surface area contributed by atoms with E-state index >= 15 is 0 Å². The Hall–Kier alpha value is -1.15. The molecule has 2 aliphatic heterocycles. The van der Waals surface area contributed by atoms with E-state index in [-0.39, 0.29) is 24.4 Å². The van der Waals surface area contributed by atoms with Gasteiger partial charge in [0.25, 0.3) is 0 Å². The number of benzene rings is 1. The molecule has 3 rings (SSSR count). The first kappa shape index (κ1) is 23.1. The highest BCUT2D eigenvalue weighted by Gasteiger charge is 2.27. The van der Waals surface area contributed by atoms with Crippen molar-refractivity contribution in [1.82, 2.24) is 9.21 Å². The van der Waals surface area contributed by atoms with Crippen LogP contribution in [0.25, 0.3) is 0 Å². The van der Waals surface area contributed by atoms with Crippen LogP contribution in [-0.4, -0.2) is 55.8 Å². The lowest BCUT2D eigenvalue weighted by atomic mass is 9.92. The Labute approximate surface area is 174 Å². The topological polar surface area (TPSA) is 83.7 Å². The summed E-state index contributed by atoms with van der Waals surface area (Å²) in [4.78, 5) is 14.8. The van der Waals surface area contributed by atoms with Gasteiger partial charge in [0.1, 0.15) is 0 Å². The third kappa shape index (κ3) is 5.47. The minimum absolute atomic E-state index is 0. The zero-order valence-corrected chi connectivity index (χ0v) is 18.2. The van der Waals surface area contributed by atoms with E-state index in [0.717, 1.165) is 44.3 Å². The first-order valence-electron chi connectivity index (χ1n) is 10.0. The average Bonchev–Trinajstić information content (AvgIpc) is 3.22. The van der Waals surface area contributed by atoms with Crippen molar-refractivity contribution in [1.29, 1.82) is 0 Å². The van der Waals surface area contributed by atoms with Crippen molar-refractivity contribution in [2.75, 3.05) is 26.2 Å². The lowest BCUT2D eigenvalue weighted by Crippen LogP contribution is -2.45. The van der Waals surface area contributed by atoms with Crippen LogP contribution in [0.5, 0.6) is 0 Å². The quantitative estimate of drug-likeness (QED) is 0.752. The smallest absolute Gasteiger partial charge is 0.243 e. The number of aryl methyl sites for hydroxylation is 1. The average molecular weight is 430 g/mol. The summed E-state index contributed by atoms with van der Waals surface area (Å²) in [7, 11) is -3.37. The minimum atomic E-state index is -3.37. The first-order chi connectivity index (χ1) is 12.9. The maximum atomic E-state index is 12.6. The van der Waals surface area contributed by atoms with Crippen LogP contribution in [0, 0.1) is 5.92 Å². The van der Waals surface area contributed by atoms with Gasteiger partial charge in [0.15, 0.2) is 0 Å². The number of carbonyl (C=O) groups excluding carboxylic acids is 1. The van der Waals surface area contributed by atoms with E-state index in [9.17, 15) is 13.2 Å². The highest BCUT2D eigenvalue weighted by molar-refractivity contribution is 7.89. The summed E-state index contributed by atoms with van der Waals surface area (Å²) in [6.45, 7) is 4.79. The van der Waals surface area contributed by atoms with E-state index in [1.807, 2.05) is 24.0 Å². The molecule has 2 N–H and O–H groups in total. The Morgan fingerprint density at radius 3 is 2.39 bits per heavy atom. The van der Waals surface area contributed by atoms with Crippen molar-refractivity contribution in [3.63, 3.8) is 0 Å². The fourth-order valence-electron chi connectivity index (χ4n) is 3.98. The molecule has 2 unspecified atom stereocenters. The molecule has 0 bridgehead atoms. The summed E-state index contributed by atoms with van der Waals surface area (Å²) >= 11 is 0. The number of nitrogens with two attached hydrogens (primary N) is 1. The molecule has 2 atom stereocenters. The van der Waals surface area contributed by atoms with Gasteiger partial charge in [-0.15, -0.1) is 12.4 Å². The van der Waals surface area contributed by atoms with Crippen LogP contribution in [0.3, 0.4) is 0 Å². The number of likely N-dealkylation sites (tertiary alicyclic amines) is 1. The fourth-order valence-corrected chi connectivity index (χ4v) is 5.50. The number of piperidine rings is 1. The molecule has 0 saturated carbocycles. The van der Waals surface area contributed by atoms with Crippen LogP contribution in [0.4, 0.5) is 0 Å². The number of hydrogen-bond acceptors (Lipinski definition) is 4. The summed E-state index contributed by atoms with van der Waals surface area (Å²) in [5, 5.41) is 0. The lowest BCUT2D eigenvalue weighted by molar-refractivity contribution is -0.133. The second kappa shape index (κ2) is 10.1. The van der Waals surface area contributed by atoms with Gasteiger partial charge in [0, 0.05) is 38.6 Å². The molecule has 2 heterocycles. The normalized spacial score (nSPS) is 21.9. The monoisotopic (exact) mass is 429 g/mol. The molecule has 28 heavy (non-hydrogen) atoms. The minimum Gasteiger partial charge on any atom is -0.342 e. The Balaban J connectivity index is 0.00000280. The maximum Gasteiger partial charge on any atom is 0.243 e. The van der Waals surface area contributed by atoms with E-state index < -0.39 is 10.0 Å². The number of hydrogen-bond donors (Lipinski definition) is 1. The molecule has 0 aliphatic carbocycles. The molecule has 0 spiro atoms. The highest BCUT2D eigenvalue weighted by atomic mass is 35.5. The number of amides is 1. The number of rotatable bonds is 6. The Bertz CT molecular complexity index is 746. The Kier molecular flexibility index (Phi) is 8.30. The Morgan fingerprint density at radius 2 is 1.79 bits per heavy atom. The summed E-state index contributed by atoms with van der Waals surface area (Å²) < 4.78 is 26.7. The van der Waals surface area contributed by atoms with Gasteiger partial charge in [-0.1, -0.05) is 12.1 Å². The van der Waals surface area contributed by atoms with E-state index in [4.69, 9.17) is 5.73 Å². The van der Waals surface area contributed by atoms with Crippen LogP contribution in [-0.2, 0) is 21.2 Å². The predicted octanol–water partition coefficient (Wildman–Crippen LogP) is 2.41. The van der Waals surface area contributed by atoms with E-state index in [0.29, 0.717) is 36.7 Å². The van der Waals surface area contributed by atoms with Crippen LogP contribution in [0.2, 0.25) is 0 Å². The predicted molar refractivity (Wildman–Crippen MR) is 113 cm³/mol. The number of nitrogens with zero attached hydrogens (tertiary/aromatic N) is 2. The zero-order valence-electron chi connectivity index (χ0n) is 16.5. The molecule has 2 saturated heterocycles. The van der Waals surface area contributed by atoms with Crippen LogP contribution in [0.1, 0.15) is 44.6 Å². The fraction of sp³-hybridized carbons (Fsp3) is 0.650. The molecule has 8 heteroatoms. The van der Waals surface area contributed by atoms with Crippen LogP contribution >= 0.6 is 12.4 Å². The van der Waals surface area contributed by atoms with Gasteiger partial charge in [-0.05, 0) is 62.6 Å². The molecule has 1 amide bonds. The third-order valence-corrected chi connectivity index (χ3v) is 7.72. The van der Waals surface area contributed by atoms with Crippen LogP contribution < -0.4 is 5.73 Å². The molecule has 2 fully saturated rings. The summed E-state index contributed by atoms with van der Waals surface area (Å²) in [6, 6.07) is 7.11. The van der Waals surface area contributed by atoms with Crippen molar-refractivity contribution < 1.29 is 13.2 Å². The van der Waals surface area contributed by atoms with Crippen molar-refractivity contribution in [3.8, 4) is 0 Å². The van der Waals surface area contributed by atoms with Gasteiger partial charge < -0.3 is 10.6 Å². The van der Waals surface area contributed by atoms with Gasteiger partial charge in [-0.3, -0.25) is 4.79 Å². The number of sulfonamides is 1. The molecule has 0 radical (unpaired) electrons. The summed E-state index contributed by atoms with van der Waals surface area (Å²) in [6.07, 6.45) is 5.04. The molecule has 158 valence electrons. The van der Waals surface area contributed by atoms with E-state index in [1.165, 1.54) is 0 Å². The summed E-state index contributed by atoms with van der Waals surface area (Å²) in [5.41, 5.74) is 6.99. The molecular formula is C20H32ClN3O3S. The highest BCUT2D eigenvalue weighted by Crippen LogP contribution is 2.22. The van der Waals surface area contributed by atoms with Crippen molar-refractivity contribution >= 4 is 28.3 Å². The van der Waals surface area contributed by atoms with Gasteiger partial charge in [-0.2, -0.15) is 4.31 Å². The van der Waals surface area contributed by atoms with E-state index in [2.05, 4.69) is 0 Å². The van der Waals surface area contributed by atoms with Crippen LogP contribution in [0.15, 0.2) is 29.2 Å². The lowest BCUT2D eigenvalue weighted by Gasteiger charge is -2.34. The van der Waals surface area contributed by atoms with Gasteiger partial charge in [0.05, 0.1) is 4.90 Å². The zero-order chi connectivity index (χ0) is 19.4. The summed E-state index contributed by atoms with van der Waals surface area (Å²) in [5.74, 6) is 0.548. The molecule has 6 nitrogen and oxygen atoms in total. The maximum absolute atomic E-state index is 12.6. The molecule has 2 aliphatic rings. The standard InChI is InChI=1S/C20H31N3O3S.ClH/c1-16(21)18-5-4-12-22(15-18)20(24)11-8-17-6-9-19(10-7-17)27(25,26)23-13-2-3-14-23;/h6-7,9-10,16,18H,2-5,8,11-15,21H2,1H3;1H. The van der Waals surface area contributed by atoms with E-state index in [1.54, 1.807) is 16.4 Å². The number of halogens is 1. The largest absolute Gasteiger partial charge is 0.342 e. The SMILES string of the molecule is CC(N)C1CCCN(C(=O)CCc2ccc(S(=O)(=O)N3CCCC3)cc2)C1.Cl. The second-order valence-corrected chi connectivity index (χ2v) is 9.79. The first-order valence-corrected chi connectivity index (χ1v) is 11.4. The van der Waals surface area contributed by atoms with Crippen molar-refractivity contribution in [2.45, 2.75) is 56.4 Å². The van der Waals surface area contributed by atoms with Gasteiger partial charge >= 0.3 is 0 Å². The van der Waals surface area contributed by atoms with Gasteiger partial charge in [-0.25, -0.2) is 8.42 Å². The van der Waals surface area contributed by atoms with Crippen molar-refractivity contribution in [3.05, 3.63) is 29.8 Å². The molecular weight excluding hydrogens is 398 g/mol. The molecule has 1 aromatic carbocycles. The second-order valence-electron chi connectivity index (χ2n) is 7.86.